The van der Waals surface area contributed by atoms with Crippen LogP contribution in [0, 0.1) is 17.5 Å². The number of β-amino-alcohol motifs (C(OH)–C–C–N with tert-alkyl or cyclic N) is 1. The fourth-order valence-corrected chi connectivity index (χ4v) is 6.05. The molecule has 15 heteroatoms. The molecule has 1 aromatic carbocycles. The van der Waals surface area contributed by atoms with Crippen molar-refractivity contribution in [1.82, 2.24) is 25.1 Å². The molecule has 46 heavy (non-hydrogen) atoms. The second kappa shape index (κ2) is 12.3. The highest BCUT2D eigenvalue weighted by Gasteiger charge is 2.53. The Morgan fingerprint density at radius 1 is 1.17 bits per heavy atom. The molecule has 5 heterocycles. The summed E-state index contributed by atoms with van der Waals surface area (Å²) in [6, 6.07) is 2.75. The molecule has 1 amide bonds. The zero-order valence-electron chi connectivity index (χ0n) is 26.3. The van der Waals surface area contributed by atoms with Gasteiger partial charge in [0, 0.05) is 36.6 Å². The minimum Gasteiger partial charge on any atom is -0.391 e. The summed E-state index contributed by atoms with van der Waals surface area (Å²) >= 11 is 0. The van der Waals surface area contributed by atoms with Gasteiger partial charge >= 0.3 is 0 Å². The topological polar surface area (TPSA) is 134 Å². The van der Waals surface area contributed by atoms with Gasteiger partial charge in [-0.1, -0.05) is 31.1 Å². The number of aliphatic hydroxyl groups excluding tert-OH is 1. The fourth-order valence-electron chi connectivity index (χ4n) is 6.05. The van der Waals surface area contributed by atoms with Crippen molar-refractivity contribution >= 4 is 5.91 Å². The van der Waals surface area contributed by atoms with Crippen LogP contribution in [0.1, 0.15) is 58.5 Å². The summed E-state index contributed by atoms with van der Waals surface area (Å²) in [6.07, 6.45) is -1.32. The zero-order chi connectivity index (χ0) is 33.0. The van der Waals surface area contributed by atoms with E-state index in [1.165, 1.54) is 15.8 Å². The summed E-state index contributed by atoms with van der Waals surface area (Å²) in [6.45, 7) is 9.97. The predicted octanol–water partition coefficient (Wildman–Crippen LogP) is 3.33. The van der Waals surface area contributed by atoms with E-state index in [9.17, 15) is 23.1 Å². The van der Waals surface area contributed by atoms with Crippen LogP contribution in [0.3, 0.4) is 0 Å². The van der Waals surface area contributed by atoms with Crippen molar-refractivity contribution in [2.45, 2.75) is 95.2 Å². The number of rotatable bonds is 7. The normalized spacial score (nSPS) is 28.0. The third-order valence-electron chi connectivity index (χ3n) is 8.49. The number of benzene rings is 1. The van der Waals surface area contributed by atoms with E-state index in [0.29, 0.717) is 24.4 Å². The first-order valence-corrected chi connectivity index (χ1v) is 15.3. The minimum absolute atomic E-state index is 0.0198. The Hall–Kier alpha value is -3.37. The van der Waals surface area contributed by atoms with E-state index in [2.05, 4.69) is 15.5 Å². The SMILES string of the molecule is CC1(C)OC[C@H]2O[C@H](Cc3cc(C(C)(C)C)on3)[C@H](OCC(=O)N3CC[C@@H](O)C3)[C@@H](n3cc(-c4cc(F)c(F)c(F)c4)nn3)[C@H]2O1. The van der Waals surface area contributed by atoms with Crippen LogP contribution in [0.4, 0.5) is 13.2 Å². The van der Waals surface area contributed by atoms with Crippen LogP contribution < -0.4 is 0 Å². The van der Waals surface area contributed by atoms with E-state index in [-0.39, 0.29) is 48.8 Å². The molecule has 12 nitrogen and oxygen atoms in total. The highest BCUT2D eigenvalue weighted by atomic mass is 19.2. The number of carbonyl (C=O) groups is 1. The Morgan fingerprint density at radius 3 is 2.57 bits per heavy atom. The number of carbonyl (C=O) groups excluding carboxylic acids is 1. The molecule has 2 aromatic heterocycles. The predicted molar refractivity (Wildman–Crippen MR) is 154 cm³/mol. The number of ether oxygens (including phenoxy) is 4. The van der Waals surface area contributed by atoms with Gasteiger partial charge in [0.1, 0.15) is 42.4 Å². The lowest BCUT2D eigenvalue weighted by atomic mass is 9.88. The number of halogens is 3. The Labute approximate surface area is 263 Å². The molecule has 3 fully saturated rings. The molecule has 0 spiro atoms. The van der Waals surface area contributed by atoms with E-state index >= 15 is 0 Å². The van der Waals surface area contributed by atoms with Gasteiger partial charge in [-0.2, -0.15) is 0 Å². The van der Waals surface area contributed by atoms with Crippen LogP contribution in [0.2, 0.25) is 0 Å². The first-order valence-electron chi connectivity index (χ1n) is 15.3. The third kappa shape index (κ3) is 6.69. The lowest BCUT2D eigenvalue weighted by Crippen LogP contribution is -2.63. The smallest absolute Gasteiger partial charge is 0.248 e. The molecule has 3 aliphatic rings. The van der Waals surface area contributed by atoms with Crippen molar-refractivity contribution in [3.8, 4) is 11.3 Å². The molecule has 0 unspecified atom stereocenters. The van der Waals surface area contributed by atoms with Gasteiger partial charge in [0.25, 0.3) is 0 Å². The highest BCUT2D eigenvalue weighted by Crippen LogP contribution is 2.41. The van der Waals surface area contributed by atoms with Crippen molar-refractivity contribution < 1.29 is 46.5 Å². The fraction of sp³-hybridized carbons (Fsp3) is 0.613. The van der Waals surface area contributed by atoms with Crippen molar-refractivity contribution in [1.29, 1.82) is 0 Å². The summed E-state index contributed by atoms with van der Waals surface area (Å²) in [5.74, 6) is -4.95. The molecule has 0 aliphatic carbocycles. The van der Waals surface area contributed by atoms with E-state index in [4.69, 9.17) is 23.5 Å². The number of fused-ring (bicyclic) bond motifs is 1. The highest BCUT2D eigenvalue weighted by molar-refractivity contribution is 5.77. The van der Waals surface area contributed by atoms with Crippen LogP contribution in [0.5, 0.6) is 0 Å². The lowest BCUT2D eigenvalue weighted by Gasteiger charge is -2.51. The van der Waals surface area contributed by atoms with Gasteiger partial charge in [-0.3, -0.25) is 4.79 Å². The molecule has 1 N–H and O–H groups in total. The second-order valence-corrected chi connectivity index (χ2v) is 13.5. The maximum Gasteiger partial charge on any atom is 0.248 e. The quantitative estimate of drug-likeness (QED) is 0.380. The van der Waals surface area contributed by atoms with Gasteiger partial charge in [-0.25, -0.2) is 17.9 Å². The van der Waals surface area contributed by atoms with Crippen molar-refractivity contribution in [3.05, 3.63) is 53.3 Å². The molecule has 6 atom stereocenters. The molecule has 0 saturated carbocycles. The van der Waals surface area contributed by atoms with Crippen LogP contribution in [0.25, 0.3) is 11.3 Å². The van der Waals surface area contributed by atoms with Crippen molar-refractivity contribution in [2.24, 2.45) is 0 Å². The molecule has 3 aliphatic heterocycles. The number of aromatic nitrogens is 4. The van der Waals surface area contributed by atoms with Gasteiger partial charge in [-0.15, -0.1) is 5.10 Å². The average molecular weight is 650 g/mol. The molecular formula is C31H38F3N5O7. The number of hydrogen-bond donors (Lipinski definition) is 1. The number of hydrogen-bond acceptors (Lipinski definition) is 10. The van der Waals surface area contributed by atoms with Crippen LogP contribution in [0.15, 0.2) is 28.9 Å². The lowest BCUT2D eigenvalue weighted by molar-refractivity contribution is -0.350. The maximum atomic E-state index is 14.1. The Bertz CT molecular complexity index is 1550. The van der Waals surface area contributed by atoms with Gasteiger partial charge in [0.2, 0.25) is 5.91 Å². The summed E-state index contributed by atoms with van der Waals surface area (Å²) in [5, 5.41) is 22.6. The van der Waals surface area contributed by atoms with Gasteiger partial charge in [-0.05, 0) is 32.4 Å². The summed E-state index contributed by atoms with van der Waals surface area (Å²) in [4.78, 5) is 14.7. The monoisotopic (exact) mass is 649 g/mol. The molecule has 3 saturated heterocycles. The first-order chi connectivity index (χ1) is 21.7. The van der Waals surface area contributed by atoms with Crippen LogP contribution >= 0.6 is 0 Å². The largest absolute Gasteiger partial charge is 0.391 e. The summed E-state index contributed by atoms with van der Waals surface area (Å²) < 4.78 is 74.2. The van der Waals surface area contributed by atoms with Gasteiger partial charge in [0.05, 0.1) is 30.7 Å². The summed E-state index contributed by atoms with van der Waals surface area (Å²) in [5.41, 5.74) is 0.371. The molecule has 250 valence electrons. The number of aliphatic hydroxyl groups is 1. The van der Waals surface area contributed by atoms with Crippen LogP contribution in [-0.2, 0) is 35.6 Å². The van der Waals surface area contributed by atoms with Gasteiger partial charge in [0.15, 0.2) is 23.2 Å². The molecular weight excluding hydrogens is 611 g/mol. The van der Waals surface area contributed by atoms with Gasteiger partial charge < -0.3 is 33.5 Å². The van der Waals surface area contributed by atoms with E-state index in [0.717, 1.165) is 12.1 Å². The molecule has 0 radical (unpaired) electrons. The standard InChI is InChI=1S/C31H38F3N5O7/c1-30(2,3)24-11-17(36-46-24)10-22-28(42-15-25(41)38-7-6-18(40)12-38)27(29-23(44-22)14-43-31(4,5)45-29)39-13-21(35-37-39)16-8-19(32)26(34)20(33)9-16/h8-9,11,13,18,22-23,27-29,40H,6-7,10,12,14-15H2,1-5H3/t18-,22-,23-,27-,28+,29+/m1/s1. The van der Waals surface area contributed by atoms with Crippen molar-refractivity contribution in [2.75, 3.05) is 26.3 Å². The minimum atomic E-state index is -1.59. The third-order valence-corrected chi connectivity index (χ3v) is 8.49. The number of nitrogens with zero attached hydrogens (tertiary/aromatic N) is 5. The zero-order valence-corrected chi connectivity index (χ0v) is 26.3. The summed E-state index contributed by atoms with van der Waals surface area (Å²) in [7, 11) is 0. The van der Waals surface area contributed by atoms with E-state index in [1.807, 2.05) is 26.8 Å². The van der Waals surface area contributed by atoms with E-state index < -0.39 is 59.8 Å². The Kier molecular flexibility index (Phi) is 8.74. The van der Waals surface area contributed by atoms with Crippen LogP contribution in [-0.4, -0.2) is 98.7 Å². The number of likely N-dealkylation sites (tertiary alicyclic amines) is 1. The first kappa shape index (κ1) is 32.6. The number of amides is 1. The Balaban J connectivity index is 1.37. The van der Waals surface area contributed by atoms with Crippen molar-refractivity contribution in [3.63, 3.8) is 0 Å². The van der Waals surface area contributed by atoms with E-state index in [1.54, 1.807) is 13.8 Å². The Morgan fingerprint density at radius 2 is 1.91 bits per heavy atom. The molecule has 0 bridgehead atoms. The maximum absolute atomic E-state index is 14.1. The second-order valence-electron chi connectivity index (χ2n) is 13.5. The average Bonchev–Trinajstić information content (AvgIpc) is 3.75. The molecule has 3 aromatic rings. The molecule has 6 rings (SSSR count).